The van der Waals surface area contributed by atoms with Gasteiger partial charge in [0.1, 0.15) is 0 Å². The second-order valence-corrected chi connectivity index (χ2v) is 6.03. The molecule has 2 heterocycles. The van der Waals surface area contributed by atoms with Crippen molar-refractivity contribution in [2.24, 2.45) is 14.1 Å². The Kier molecular flexibility index (Phi) is 4.31. The molecular formula is C16H26N4. The van der Waals surface area contributed by atoms with Crippen LogP contribution in [0.4, 0.5) is 0 Å². The van der Waals surface area contributed by atoms with Crippen molar-refractivity contribution in [2.75, 3.05) is 0 Å². The van der Waals surface area contributed by atoms with Gasteiger partial charge < -0.3 is 0 Å². The van der Waals surface area contributed by atoms with Gasteiger partial charge in [0, 0.05) is 26.0 Å². The van der Waals surface area contributed by atoms with Crippen molar-refractivity contribution < 1.29 is 0 Å². The fourth-order valence-electron chi connectivity index (χ4n) is 2.91. The molecule has 0 amide bonds. The summed E-state index contributed by atoms with van der Waals surface area (Å²) in [7, 11) is 4.00. The molecule has 0 aliphatic carbocycles. The zero-order valence-corrected chi connectivity index (χ0v) is 13.5. The summed E-state index contributed by atoms with van der Waals surface area (Å²) >= 11 is 0. The van der Waals surface area contributed by atoms with Gasteiger partial charge in [-0.15, -0.1) is 0 Å². The van der Waals surface area contributed by atoms with Crippen LogP contribution in [0.5, 0.6) is 0 Å². The minimum Gasteiger partial charge on any atom is -0.275 e. The molecule has 4 heteroatoms. The van der Waals surface area contributed by atoms with Crippen molar-refractivity contribution in [1.29, 1.82) is 0 Å². The Bertz CT molecular complexity index is 571. The van der Waals surface area contributed by atoms with Crippen LogP contribution in [0.2, 0.25) is 0 Å². The minimum absolute atomic E-state index is 0.558. The number of aryl methyl sites for hydroxylation is 3. The normalized spacial score (nSPS) is 14.5. The summed E-state index contributed by atoms with van der Waals surface area (Å²) < 4.78 is 3.87. The average molecular weight is 274 g/mol. The van der Waals surface area contributed by atoms with Crippen LogP contribution in [0.3, 0.4) is 0 Å². The van der Waals surface area contributed by atoms with Crippen molar-refractivity contribution in [3.63, 3.8) is 0 Å². The van der Waals surface area contributed by atoms with Crippen LogP contribution in [0.25, 0.3) is 0 Å². The first-order chi connectivity index (χ1) is 9.40. The molecular weight excluding hydrogens is 248 g/mol. The molecule has 0 fully saturated rings. The van der Waals surface area contributed by atoms with E-state index in [0.717, 1.165) is 5.69 Å². The van der Waals surface area contributed by atoms with Gasteiger partial charge >= 0.3 is 0 Å². The maximum absolute atomic E-state index is 4.44. The van der Waals surface area contributed by atoms with Gasteiger partial charge in [-0.3, -0.25) is 9.36 Å². The van der Waals surface area contributed by atoms with Gasteiger partial charge in [-0.25, -0.2) is 0 Å². The molecule has 0 spiro atoms. The molecule has 0 saturated heterocycles. The molecule has 0 N–H and O–H groups in total. The van der Waals surface area contributed by atoms with Crippen LogP contribution >= 0.6 is 0 Å². The van der Waals surface area contributed by atoms with E-state index in [0.29, 0.717) is 11.8 Å². The van der Waals surface area contributed by atoms with Crippen LogP contribution in [0.15, 0.2) is 12.4 Å². The maximum Gasteiger partial charge on any atom is 0.0628 e. The maximum atomic E-state index is 4.44. The quantitative estimate of drug-likeness (QED) is 0.837. The Morgan fingerprint density at radius 1 is 1.05 bits per heavy atom. The first-order valence-electron chi connectivity index (χ1n) is 7.38. The van der Waals surface area contributed by atoms with E-state index in [1.54, 1.807) is 0 Å². The summed E-state index contributed by atoms with van der Waals surface area (Å²) in [5, 5.41) is 8.78. The number of aromatic nitrogens is 4. The van der Waals surface area contributed by atoms with E-state index in [9.17, 15) is 0 Å². The highest BCUT2D eigenvalue weighted by Crippen LogP contribution is 2.29. The average Bonchev–Trinajstić information content (AvgIpc) is 2.90. The number of hydrogen-bond acceptors (Lipinski definition) is 2. The third-order valence-electron chi connectivity index (χ3n) is 4.42. The van der Waals surface area contributed by atoms with Gasteiger partial charge in [-0.1, -0.05) is 13.8 Å². The van der Waals surface area contributed by atoms with Crippen LogP contribution in [-0.2, 0) is 14.1 Å². The zero-order valence-electron chi connectivity index (χ0n) is 13.5. The Morgan fingerprint density at radius 3 is 2.10 bits per heavy atom. The van der Waals surface area contributed by atoms with E-state index in [1.807, 2.05) is 29.7 Å². The van der Waals surface area contributed by atoms with Crippen molar-refractivity contribution >= 4 is 0 Å². The third-order valence-corrected chi connectivity index (χ3v) is 4.42. The molecule has 4 nitrogen and oxygen atoms in total. The summed E-state index contributed by atoms with van der Waals surface area (Å²) in [5.74, 6) is 1.12. The van der Waals surface area contributed by atoms with E-state index in [4.69, 9.17) is 0 Å². The lowest BCUT2D eigenvalue weighted by Crippen LogP contribution is -2.01. The van der Waals surface area contributed by atoms with E-state index < -0.39 is 0 Å². The molecule has 0 aromatic carbocycles. The lowest BCUT2D eigenvalue weighted by Gasteiger charge is -2.15. The molecule has 0 aliphatic rings. The second-order valence-electron chi connectivity index (χ2n) is 6.03. The van der Waals surface area contributed by atoms with Crippen molar-refractivity contribution in [3.8, 4) is 0 Å². The van der Waals surface area contributed by atoms with Crippen LogP contribution < -0.4 is 0 Å². The van der Waals surface area contributed by atoms with E-state index in [-0.39, 0.29) is 0 Å². The summed E-state index contributed by atoms with van der Waals surface area (Å²) in [6.07, 6.45) is 6.53. The van der Waals surface area contributed by atoms with Crippen molar-refractivity contribution in [3.05, 3.63) is 34.9 Å². The molecule has 2 aromatic rings. The monoisotopic (exact) mass is 274 g/mol. The highest BCUT2D eigenvalue weighted by atomic mass is 15.3. The first kappa shape index (κ1) is 14.8. The molecule has 2 aromatic heterocycles. The molecule has 2 rings (SSSR count). The number of nitrogens with zero attached hydrogens (tertiary/aromatic N) is 4. The van der Waals surface area contributed by atoms with Crippen molar-refractivity contribution in [1.82, 2.24) is 19.6 Å². The van der Waals surface area contributed by atoms with E-state index in [2.05, 4.69) is 44.1 Å². The smallest absolute Gasteiger partial charge is 0.0628 e. The first-order valence-corrected chi connectivity index (χ1v) is 7.38. The van der Waals surface area contributed by atoms with Gasteiger partial charge in [0.25, 0.3) is 0 Å². The standard InChI is InChI=1S/C16H26N4/c1-11(15-9-17-20(6)14(15)4)7-8-12(2)16-10-19(5)18-13(16)3/h9-12H,7-8H2,1-6H3. The molecule has 0 saturated carbocycles. The molecule has 110 valence electrons. The Morgan fingerprint density at radius 2 is 1.65 bits per heavy atom. The molecule has 2 atom stereocenters. The predicted molar refractivity (Wildman–Crippen MR) is 82.0 cm³/mol. The molecule has 0 radical (unpaired) electrons. The molecule has 0 bridgehead atoms. The third kappa shape index (κ3) is 2.94. The Balaban J connectivity index is 1.98. The Labute approximate surface area is 121 Å². The topological polar surface area (TPSA) is 35.6 Å². The van der Waals surface area contributed by atoms with Gasteiger partial charge in [-0.2, -0.15) is 10.2 Å². The van der Waals surface area contributed by atoms with Crippen LogP contribution in [0, 0.1) is 13.8 Å². The highest BCUT2D eigenvalue weighted by molar-refractivity contribution is 5.22. The number of rotatable bonds is 5. The van der Waals surface area contributed by atoms with Gasteiger partial charge in [0.15, 0.2) is 0 Å². The number of hydrogen-bond donors (Lipinski definition) is 0. The zero-order chi connectivity index (χ0) is 14.9. The SMILES string of the molecule is Cc1nn(C)cc1C(C)CCC(C)c1cnn(C)c1C. The lowest BCUT2D eigenvalue weighted by molar-refractivity contribution is 0.569. The summed E-state index contributed by atoms with van der Waals surface area (Å²) in [6, 6.07) is 0. The summed E-state index contributed by atoms with van der Waals surface area (Å²) in [4.78, 5) is 0. The lowest BCUT2D eigenvalue weighted by atomic mass is 9.90. The van der Waals surface area contributed by atoms with Gasteiger partial charge in [0.05, 0.1) is 11.9 Å². The van der Waals surface area contributed by atoms with Crippen LogP contribution in [-0.4, -0.2) is 19.6 Å². The fraction of sp³-hybridized carbons (Fsp3) is 0.625. The van der Waals surface area contributed by atoms with Crippen molar-refractivity contribution in [2.45, 2.75) is 52.4 Å². The molecule has 20 heavy (non-hydrogen) atoms. The summed E-state index contributed by atoms with van der Waals surface area (Å²) in [6.45, 7) is 8.84. The predicted octanol–water partition coefficient (Wildman–Crippen LogP) is 3.46. The van der Waals surface area contributed by atoms with Crippen LogP contribution in [0.1, 0.15) is 61.0 Å². The highest BCUT2D eigenvalue weighted by Gasteiger charge is 2.16. The van der Waals surface area contributed by atoms with E-state index in [1.165, 1.54) is 29.7 Å². The summed E-state index contributed by atoms with van der Waals surface area (Å²) in [5.41, 5.74) is 5.19. The molecule has 0 aliphatic heterocycles. The largest absolute Gasteiger partial charge is 0.275 e. The second kappa shape index (κ2) is 5.81. The Hall–Kier alpha value is -1.58. The fourth-order valence-corrected chi connectivity index (χ4v) is 2.91. The van der Waals surface area contributed by atoms with E-state index >= 15 is 0 Å². The van der Waals surface area contributed by atoms with Gasteiger partial charge in [0.2, 0.25) is 0 Å². The van der Waals surface area contributed by atoms with Gasteiger partial charge in [-0.05, 0) is 49.7 Å². The minimum atomic E-state index is 0.558. The molecule has 2 unspecified atom stereocenters.